The largest absolute Gasteiger partial charge is 0.343 e. The molecule has 1 saturated heterocycles. The first kappa shape index (κ1) is 29.8. The highest BCUT2D eigenvalue weighted by Gasteiger charge is 2.42. The van der Waals surface area contributed by atoms with Crippen molar-refractivity contribution in [1.29, 1.82) is 0 Å². The second-order valence-electron chi connectivity index (χ2n) is 12.6. The molecule has 0 radical (unpaired) electrons. The Balaban J connectivity index is 1.23. The average molecular weight is 620 g/mol. The van der Waals surface area contributed by atoms with Crippen LogP contribution in [-0.2, 0) is 19.5 Å². The average Bonchev–Trinajstić information content (AvgIpc) is 3.83. The third-order valence-electron chi connectivity index (χ3n) is 9.37. The number of hydrogen-bond donors (Lipinski definition) is 1. The highest BCUT2D eigenvalue weighted by Crippen LogP contribution is 2.41. The molecule has 7 rings (SSSR count). The van der Waals surface area contributed by atoms with Gasteiger partial charge in [-0.1, -0.05) is 67.3 Å². The zero-order valence-electron chi connectivity index (χ0n) is 26.0. The number of fused-ring (bicyclic) bond motifs is 2. The monoisotopic (exact) mass is 619 g/mol. The van der Waals surface area contributed by atoms with Crippen molar-refractivity contribution in [1.82, 2.24) is 25.1 Å². The molecule has 0 bridgehead atoms. The lowest BCUT2D eigenvalue weighted by Gasteiger charge is -2.56. The highest BCUT2D eigenvalue weighted by atomic mass is 32.1. The third kappa shape index (κ3) is 6.30. The van der Waals surface area contributed by atoms with E-state index in [1.807, 2.05) is 12.1 Å². The fourth-order valence-electron chi connectivity index (χ4n) is 6.86. The molecule has 1 N–H and O–H groups in total. The number of hydrogen-bond acceptors (Lipinski definition) is 6. The molecule has 3 aliphatic rings. The molecular weight excluding hydrogens is 578 g/mol. The van der Waals surface area contributed by atoms with Crippen molar-refractivity contribution in [3.8, 4) is 0 Å². The fourth-order valence-corrected chi connectivity index (χ4v) is 7.80. The summed E-state index contributed by atoms with van der Waals surface area (Å²) in [7, 11) is 0. The van der Waals surface area contributed by atoms with Gasteiger partial charge in [-0.2, -0.15) is 0 Å². The second kappa shape index (κ2) is 12.8. The van der Waals surface area contributed by atoms with Gasteiger partial charge < -0.3 is 9.80 Å². The van der Waals surface area contributed by atoms with Gasteiger partial charge in [0.2, 0.25) is 0 Å². The number of benzene rings is 3. The lowest BCUT2D eigenvalue weighted by molar-refractivity contribution is -0.0933. The Hall–Kier alpha value is -3.91. The van der Waals surface area contributed by atoms with Crippen molar-refractivity contribution >= 4 is 21.4 Å². The summed E-state index contributed by atoms with van der Waals surface area (Å²) >= 11 is 1.67. The van der Waals surface area contributed by atoms with Gasteiger partial charge in [0.05, 0.1) is 12.7 Å². The minimum absolute atomic E-state index is 0.0796. The maximum absolute atomic E-state index is 14.3. The fraction of sp³-hybridized carbons (Fsp3) is 0.316. The Labute approximate surface area is 270 Å². The summed E-state index contributed by atoms with van der Waals surface area (Å²) in [6, 6.07) is 25.3. The van der Waals surface area contributed by atoms with Gasteiger partial charge in [-0.15, -0.1) is 17.9 Å². The normalized spacial score (nSPS) is 20.4. The number of nitrogens with one attached hydrogen (secondary N) is 1. The molecule has 2 fully saturated rings. The molecule has 0 spiro atoms. The summed E-state index contributed by atoms with van der Waals surface area (Å²) in [5.41, 5.74) is 6.23. The van der Waals surface area contributed by atoms with E-state index in [-0.39, 0.29) is 17.9 Å². The van der Waals surface area contributed by atoms with E-state index in [2.05, 4.69) is 105 Å². The molecule has 1 aliphatic carbocycles. The van der Waals surface area contributed by atoms with Crippen molar-refractivity contribution in [2.75, 3.05) is 19.8 Å². The summed E-state index contributed by atoms with van der Waals surface area (Å²) < 4.78 is 15.4. The Bertz CT molecular complexity index is 1690. The molecule has 5 nitrogen and oxygen atoms in total. The van der Waals surface area contributed by atoms with E-state index in [0.29, 0.717) is 13.2 Å². The van der Waals surface area contributed by atoms with Crippen LogP contribution < -0.4 is 5.32 Å². The van der Waals surface area contributed by atoms with Crippen LogP contribution in [0.5, 0.6) is 0 Å². The smallest absolute Gasteiger partial charge is 0.137 e. The van der Waals surface area contributed by atoms with E-state index < -0.39 is 0 Å². The van der Waals surface area contributed by atoms with Gasteiger partial charge in [0, 0.05) is 54.2 Å². The summed E-state index contributed by atoms with van der Waals surface area (Å²) in [6.45, 7) is 14.8. The number of thiophene rings is 1. The van der Waals surface area contributed by atoms with E-state index in [1.165, 1.54) is 29.5 Å². The van der Waals surface area contributed by atoms with Gasteiger partial charge in [0.1, 0.15) is 11.6 Å². The third-order valence-corrected chi connectivity index (χ3v) is 10.4. The highest BCUT2D eigenvalue weighted by molar-refractivity contribution is 7.17. The first-order valence-electron chi connectivity index (χ1n) is 16.1. The van der Waals surface area contributed by atoms with Crippen molar-refractivity contribution in [3.05, 3.63) is 143 Å². The van der Waals surface area contributed by atoms with E-state index in [0.717, 1.165) is 59.1 Å². The zero-order chi connectivity index (χ0) is 30.9. The SMILES string of the molecule is C=CCN1CC(C)N2C(=CN(Cc3csc4ccc(F)cc34)C(=C)[C@@H]2Cc2ccc(C3CC3)cc2)N1CNCc1ccccc1. The summed E-state index contributed by atoms with van der Waals surface area (Å²) in [5, 5.41) is 11.6. The molecule has 7 heteroatoms. The van der Waals surface area contributed by atoms with Crippen molar-refractivity contribution in [2.45, 2.75) is 57.3 Å². The van der Waals surface area contributed by atoms with Crippen molar-refractivity contribution in [2.24, 2.45) is 0 Å². The molecule has 2 aliphatic heterocycles. The summed E-state index contributed by atoms with van der Waals surface area (Å²) in [6.07, 6.45) is 7.73. The van der Waals surface area contributed by atoms with Gasteiger partial charge in [-0.25, -0.2) is 9.40 Å². The maximum atomic E-state index is 14.3. The van der Waals surface area contributed by atoms with Crippen molar-refractivity contribution in [3.63, 3.8) is 0 Å². The molecule has 1 saturated carbocycles. The number of rotatable bonds is 11. The quantitative estimate of drug-likeness (QED) is 0.173. The Morgan fingerprint density at radius 1 is 1.02 bits per heavy atom. The predicted octanol–water partition coefficient (Wildman–Crippen LogP) is 7.81. The maximum Gasteiger partial charge on any atom is 0.137 e. The molecule has 0 amide bonds. The van der Waals surface area contributed by atoms with Crippen LogP contribution in [0.1, 0.15) is 47.9 Å². The van der Waals surface area contributed by atoms with Crippen LogP contribution in [0.15, 0.2) is 115 Å². The standard InChI is InChI=1S/C38H42FN5S/c1-4-18-42-22-27(2)44-36(19-29-10-12-31(13-11-29)32-14-15-32)28(3)41(23-33-25-45-37-17-16-34(39)20-35(33)37)24-38(44)43(42)26-40-21-30-8-6-5-7-9-30/h4-13,16-17,20,24-25,27,32,36,40H,1,3,14-15,18-19,21-23,26H2,2H3/t27?,36-/m0/s1. The van der Waals surface area contributed by atoms with E-state index in [1.54, 1.807) is 23.5 Å². The molecule has 1 aromatic heterocycles. The molecule has 4 aromatic rings. The Morgan fingerprint density at radius 2 is 1.82 bits per heavy atom. The van der Waals surface area contributed by atoms with Crippen LogP contribution in [0.3, 0.4) is 0 Å². The van der Waals surface area contributed by atoms with Crippen LogP contribution in [0, 0.1) is 5.82 Å². The number of hydrazine groups is 1. The molecule has 1 unspecified atom stereocenters. The molecule has 3 heterocycles. The van der Waals surface area contributed by atoms with Gasteiger partial charge in [0.15, 0.2) is 0 Å². The zero-order valence-corrected chi connectivity index (χ0v) is 26.9. The first-order chi connectivity index (χ1) is 22.0. The van der Waals surface area contributed by atoms with Gasteiger partial charge in [-0.05, 0) is 77.9 Å². The lowest BCUT2D eigenvalue weighted by Crippen LogP contribution is -2.65. The van der Waals surface area contributed by atoms with Gasteiger partial charge in [0.25, 0.3) is 0 Å². The van der Waals surface area contributed by atoms with Gasteiger partial charge >= 0.3 is 0 Å². The summed E-state index contributed by atoms with van der Waals surface area (Å²) in [4.78, 5) is 4.87. The second-order valence-corrected chi connectivity index (χ2v) is 13.5. The lowest BCUT2D eigenvalue weighted by atomic mass is 9.96. The van der Waals surface area contributed by atoms with Crippen LogP contribution in [-0.4, -0.2) is 51.7 Å². The molecule has 2 atom stereocenters. The Morgan fingerprint density at radius 3 is 2.58 bits per heavy atom. The van der Waals surface area contributed by atoms with Crippen LogP contribution in [0.2, 0.25) is 0 Å². The van der Waals surface area contributed by atoms with Crippen molar-refractivity contribution < 1.29 is 4.39 Å². The minimum Gasteiger partial charge on any atom is -0.343 e. The van der Waals surface area contributed by atoms with Crippen LogP contribution >= 0.6 is 11.3 Å². The van der Waals surface area contributed by atoms with E-state index in [9.17, 15) is 4.39 Å². The summed E-state index contributed by atoms with van der Waals surface area (Å²) in [5.74, 6) is 1.69. The predicted molar refractivity (Wildman–Crippen MR) is 184 cm³/mol. The van der Waals surface area contributed by atoms with E-state index >= 15 is 0 Å². The Kier molecular flexibility index (Phi) is 8.49. The van der Waals surface area contributed by atoms with Crippen LogP contribution in [0.25, 0.3) is 10.1 Å². The number of nitrogens with zero attached hydrogens (tertiary/aromatic N) is 4. The molecule has 45 heavy (non-hydrogen) atoms. The molecule has 3 aromatic carbocycles. The first-order valence-corrected chi connectivity index (χ1v) is 16.9. The topological polar surface area (TPSA) is 25.0 Å². The molecular formula is C38H42FN5S. The van der Waals surface area contributed by atoms with Gasteiger partial charge in [-0.3, -0.25) is 10.3 Å². The van der Waals surface area contributed by atoms with E-state index in [4.69, 9.17) is 6.58 Å². The van der Waals surface area contributed by atoms with Crippen LogP contribution in [0.4, 0.5) is 4.39 Å². The minimum atomic E-state index is -0.200. The molecule has 232 valence electrons. The number of halogens is 1.